The number of benzene rings is 2. The fourth-order valence-electron chi connectivity index (χ4n) is 2.90. The van der Waals surface area contributed by atoms with Crippen LogP contribution in [0.3, 0.4) is 0 Å². The summed E-state index contributed by atoms with van der Waals surface area (Å²) < 4.78 is 0. The van der Waals surface area contributed by atoms with Gasteiger partial charge >= 0.3 is 0 Å². The maximum absolute atomic E-state index is 12.6. The SMILES string of the molecule is C[13CH2][13C](=O)NC(CC[S+](C)CC(=O)c1ccccc1)C(=O)N[13CH2][13C](=O)[13c]1[13cH][13cH][13cH][13cH][13cH]1. The molecule has 0 saturated carbocycles. The summed E-state index contributed by atoms with van der Waals surface area (Å²) in [7, 11) is -0.245. The van der Waals surface area contributed by atoms with E-state index in [1.807, 2.05) is 30.5 Å². The molecule has 6 nitrogen and oxygen atoms in total. The Morgan fingerprint density at radius 3 is 1.97 bits per heavy atom. The van der Waals surface area contributed by atoms with Crippen molar-refractivity contribution in [2.24, 2.45) is 0 Å². The summed E-state index contributed by atoms with van der Waals surface area (Å²) in [5, 5.41) is 5.36. The van der Waals surface area contributed by atoms with Gasteiger partial charge in [0.25, 0.3) is 0 Å². The van der Waals surface area contributed by atoms with E-state index in [-0.39, 0.29) is 41.3 Å². The van der Waals surface area contributed by atoms with Gasteiger partial charge in [0.05, 0.1) is 12.8 Å². The van der Waals surface area contributed by atoms with Crippen molar-refractivity contribution in [2.75, 3.05) is 24.3 Å². The molecule has 2 aromatic carbocycles. The van der Waals surface area contributed by atoms with Gasteiger partial charge < -0.3 is 10.6 Å². The molecule has 0 fully saturated rings. The molecule has 0 aromatic heterocycles. The quantitative estimate of drug-likeness (QED) is 0.295. The van der Waals surface area contributed by atoms with E-state index in [2.05, 4.69) is 10.6 Å². The average Bonchev–Trinajstić information content (AvgIpc) is 2.80. The van der Waals surface area contributed by atoms with Crippen molar-refractivity contribution in [1.82, 2.24) is 10.6 Å². The first-order valence-corrected chi connectivity index (χ1v) is 12.2. The molecular weight excluding hydrogens is 422 g/mol. The molecule has 2 amide bonds. The monoisotopic (exact) mass is 451 g/mol. The van der Waals surface area contributed by atoms with Crippen molar-refractivity contribution in [1.29, 1.82) is 0 Å². The third kappa shape index (κ3) is 8.38. The zero-order valence-electron chi connectivity index (χ0n) is 17.9. The smallest absolute Gasteiger partial charge is 0.243 e. The molecule has 2 rings (SSSR count). The van der Waals surface area contributed by atoms with Crippen LogP contribution in [0.25, 0.3) is 0 Å². The molecule has 31 heavy (non-hydrogen) atoms. The molecule has 0 aliphatic rings. The number of ketones is 2. The molecule has 0 heterocycles. The van der Waals surface area contributed by atoms with Crippen LogP contribution in [0.5, 0.6) is 0 Å². The molecule has 164 valence electrons. The zero-order chi connectivity index (χ0) is 22.6. The lowest BCUT2D eigenvalue weighted by Gasteiger charge is -2.17. The number of rotatable bonds is 12. The lowest BCUT2D eigenvalue weighted by molar-refractivity contribution is -0.128. The molecule has 0 radical (unpaired) electrons. The van der Waals surface area contributed by atoms with Gasteiger partial charge in [0.15, 0.2) is 11.5 Å². The van der Waals surface area contributed by atoms with Crippen LogP contribution in [-0.2, 0) is 20.5 Å². The first-order valence-electron chi connectivity index (χ1n) is 10.2. The maximum Gasteiger partial charge on any atom is 0.243 e. The second kappa shape index (κ2) is 12.7. The van der Waals surface area contributed by atoms with Gasteiger partial charge in [0, 0.05) is 24.0 Å². The van der Waals surface area contributed by atoms with Gasteiger partial charge in [0.2, 0.25) is 17.6 Å². The van der Waals surface area contributed by atoms with Crippen LogP contribution in [0.2, 0.25) is 0 Å². The van der Waals surface area contributed by atoms with Crippen LogP contribution in [0.4, 0.5) is 0 Å². The normalized spacial score (nSPS) is 12.5. The Labute approximate surface area is 186 Å². The van der Waals surface area contributed by atoms with Crippen LogP contribution < -0.4 is 10.6 Å². The topological polar surface area (TPSA) is 92.3 Å². The van der Waals surface area contributed by atoms with E-state index in [9.17, 15) is 19.2 Å². The third-order valence-electron chi connectivity index (χ3n) is 4.72. The van der Waals surface area contributed by atoms with E-state index in [0.717, 1.165) is 0 Å². The maximum atomic E-state index is 12.6. The van der Waals surface area contributed by atoms with Gasteiger partial charge in [-0.05, 0) is 10.9 Å². The summed E-state index contributed by atoms with van der Waals surface area (Å²) in [6, 6.07) is 17.1. The molecule has 2 unspecified atom stereocenters. The number of hydrogen-bond acceptors (Lipinski definition) is 4. The van der Waals surface area contributed by atoms with Crippen molar-refractivity contribution in [3.8, 4) is 0 Å². The highest BCUT2D eigenvalue weighted by atomic mass is 32.2. The van der Waals surface area contributed by atoms with Crippen LogP contribution in [0.1, 0.15) is 40.5 Å². The van der Waals surface area contributed by atoms with E-state index >= 15 is 0 Å². The Balaban J connectivity index is 1.89. The Morgan fingerprint density at radius 1 is 0.871 bits per heavy atom. The van der Waals surface area contributed by atoms with Gasteiger partial charge in [-0.2, -0.15) is 0 Å². The summed E-state index contributed by atoms with van der Waals surface area (Å²) >= 11 is 0. The summed E-state index contributed by atoms with van der Waals surface area (Å²) in [6.07, 6.45) is 2.65. The molecular formula is C24H29N2O4S+. The number of nitrogens with one attached hydrogen (secondary N) is 2. The van der Waals surface area contributed by atoms with E-state index in [1.165, 1.54) is 0 Å². The molecule has 0 spiro atoms. The Morgan fingerprint density at radius 2 is 1.42 bits per heavy atom. The van der Waals surface area contributed by atoms with Crippen LogP contribution in [0.15, 0.2) is 60.7 Å². The van der Waals surface area contributed by atoms with Crippen LogP contribution in [0, 0.1) is 0 Å². The second-order valence-corrected chi connectivity index (χ2v) is 9.45. The predicted octanol–water partition coefficient (Wildman–Crippen LogP) is 2.40. The highest BCUT2D eigenvalue weighted by molar-refractivity contribution is 7.96. The highest BCUT2D eigenvalue weighted by Crippen LogP contribution is 2.07. The van der Waals surface area contributed by atoms with Crippen molar-refractivity contribution in [2.45, 2.75) is 25.8 Å². The zero-order valence-corrected chi connectivity index (χ0v) is 18.7. The first kappa shape index (κ1) is 24.3. The fraction of sp³-hybridized carbons (Fsp3) is 0.333. The summed E-state index contributed by atoms with van der Waals surface area (Å²) in [6.45, 7) is 1.58. The van der Waals surface area contributed by atoms with Crippen molar-refractivity contribution >= 4 is 34.3 Å². The van der Waals surface area contributed by atoms with Gasteiger partial charge in [-0.25, -0.2) is 0 Å². The molecule has 2 atom stereocenters. The summed E-state index contributed by atoms with van der Waals surface area (Å²) in [5.74, 6) is 0.264. The Hall–Kier alpha value is -2.93. The minimum atomic E-state index is -0.738. The summed E-state index contributed by atoms with van der Waals surface area (Å²) in [4.78, 5) is 49.2. The number of carbonyl (C=O) groups excluding carboxylic acids is 4. The molecule has 2 aromatic rings. The number of amides is 2. The lowest BCUT2D eigenvalue weighted by atomic mass is 10.2. The lowest BCUT2D eigenvalue weighted by Crippen LogP contribution is -2.48. The van der Waals surface area contributed by atoms with Gasteiger partial charge in [-0.1, -0.05) is 67.6 Å². The average molecular weight is 451 g/mol. The molecule has 0 aliphatic carbocycles. The Kier molecular flexibility index (Phi) is 9.97. The second-order valence-electron chi connectivity index (χ2n) is 7.19. The van der Waals surface area contributed by atoms with Gasteiger partial charge in [-0.3, -0.25) is 19.2 Å². The number of hydrogen-bond donors (Lipinski definition) is 2. The Bertz CT molecular complexity index is 887. The third-order valence-corrected chi connectivity index (χ3v) is 6.41. The molecule has 0 saturated heterocycles. The van der Waals surface area contributed by atoms with Crippen molar-refractivity contribution < 1.29 is 19.2 Å². The largest absolute Gasteiger partial charge is 0.347 e. The molecule has 0 bridgehead atoms. The number of Topliss-reactive ketones (excluding diaryl/α,β-unsaturated/α-hetero) is 2. The highest BCUT2D eigenvalue weighted by Gasteiger charge is 2.25. The predicted molar refractivity (Wildman–Crippen MR) is 124 cm³/mol. The molecule has 0 aliphatic heterocycles. The standard InChI is InChI=1S/C24H28N2O4S/c1-3-23(29)26-20(24(30)25-16-21(27)18-10-6-4-7-11-18)14-15-31(2)17-22(28)19-12-8-5-9-13-19/h4-13,20H,3,14-17H2,1-2H3,(H-,25,26,29,30)/p+1/i3+1,4+1,6+1,7+1,10+1,11+1,16+1,18+1,21+1,23+1. The van der Waals surface area contributed by atoms with Crippen molar-refractivity contribution in [3.05, 3.63) is 71.8 Å². The molecule has 7 heteroatoms. The minimum Gasteiger partial charge on any atom is -0.347 e. The van der Waals surface area contributed by atoms with Crippen LogP contribution >= 0.6 is 0 Å². The van der Waals surface area contributed by atoms with Crippen molar-refractivity contribution in [3.63, 3.8) is 0 Å². The number of carbonyl (C=O) groups is 4. The van der Waals surface area contributed by atoms with E-state index in [1.54, 1.807) is 43.3 Å². The van der Waals surface area contributed by atoms with Gasteiger partial charge in [-0.15, -0.1) is 0 Å². The van der Waals surface area contributed by atoms with E-state index in [4.69, 9.17) is 0 Å². The molecule has 2 N–H and O–H groups in total. The van der Waals surface area contributed by atoms with E-state index < -0.39 is 11.9 Å². The summed E-state index contributed by atoms with van der Waals surface area (Å²) in [5.41, 5.74) is 1.20. The van der Waals surface area contributed by atoms with Gasteiger partial charge in [0.1, 0.15) is 11.8 Å². The van der Waals surface area contributed by atoms with E-state index in [0.29, 0.717) is 29.1 Å². The fourth-order valence-corrected chi connectivity index (χ4v) is 4.30. The first-order chi connectivity index (χ1) is 14.9. The minimum absolute atomic E-state index is 0.0680. The van der Waals surface area contributed by atoms with Crippen LogP contribution in [-0.4, -0.2) is 53.7 Å².